The average Bonchev–Trinajstić information content (AvgIpc) is 3.56. The standard InChI is InChI=1S/C24H33NO8/c1-12(2)24(10-13-3-4-16(24)30-13)33-23(28)19-15-9-14-18(19)22(27)32-21(14)20(15)31-17(26)11-25-5-7-29-8-6-25/h12-16,18-21H,3-11H2,1-2H3. The summed E-state index contributed by atoms with van der Waals surface area (Å²) in [7, 11) is 0. The van der Waals surface area contributed by atoms with Gasteiger partial charge in [0, 0.05) is 31.3 Å². The van der Waals surface area contributed by atoms with Gasteiger partial charge in [0.15, 0.2) is 0 Å². The number of carbonyl (C=O) groups excluding carboxylic acids is 3. The maximum atomic E-state index is 13.6. The topological polar surface area (TPSA) is 101 Å². The van der Waals surface area contributed by atoms with Crippen LogP contribution in [0.15, 0.2) is 0 Å². The quantitative estimate of drug-likeness (QED) is 0.421. The van der Waals surface area contributed by atoms with Gasteiger partial charge in [-0.15, -0.1) is 0 Å². The first-order valence-electron chi connectivity index (χ1n) is 12.5. The van der Waals surface area contributed by atoms with Crippen LogP contribution in [-0.4, -0.2) is 85.7 Å². The summed E-state index contributed by atoms with van der Waals surface area (Å²) in [4.78, 5) is 41.0. The summed E-state index contributed by atoms with van der Waals surface area (Å²) in [5.74, 6) is -2.41. The van der Waals surface area contributed by atoms with Crippen molar-refractivity contribution in [2.75, 3.05) is 32.8 Å². The highest BCUT2D eigenvalue weighted by atomic mass is 16.6. The molecule has 2 saturated carbocycles. The van der Waals surface area contributed by atoms with Gasteiger partial charge in [-0.25, -0.2) is 0 Å². The summed E-state index contributed by atoms with van der Waals surface area (Å²) in [6.45, 7) is 6.86. The third-order valence-electron chi connectivity index (χ3n) is 9.01. The lowest BCUT2D eigenvalue weighted by Gasteiger charge is -2.40. The van der Waals surface area contributed by atoms with Gasteiger partial charge in [0.2, 0.25) is 0 Å². The third-order valence-corrected chi connectivity index (χ3v) is 9.01. The molecule has 4 heterocycles. The zero-order chi connectivity index (χ0) is 22.9. The van der Waals surface area contributed by atoms with Crippen molar-refractivity contribution in [3.8, 4) is 0 Å². The lowest BCUT2D eigenvalue weighted by Crippen LogP contribution is -2.52. The smallest absolute Gasteiger partial charge is 0.320 e. The molecule has 0 aromatic rings. The molecule has 9 unspecified atom stereocenters. The van der Waals surface area contributed by atoms with Crippen LogP contribution in [0.2, 0.25) is 0 Å². The van der Waals surface area contributed by atoms with Crippen LogP contribution in [-0.2, 0) is 38.1 Å². The van der Waals surface area contributed by atoms with E-state index in [2.05, 4.69) is 13.8 Å². The molecule has 0 aromatic heterocycles. The van der Waals surface area contributed by atoms with Crippen LogP contribution in [0.5, 0.6) is 0 Å². The fourth-order valence-electron chi connectivity index (χ4n) is 7.39. The predicted molar refractivity (Wildman–Crippen MR) is 112 cm³/mol. The Hall–Kier alpha value is -1.71. The second kappa shape index (κ2) is 7.92. The summed E-state index contributed by atoms with van der Waals surface area (Å²) >= 11 is 0. The molecule has 4 saturated heterocycles. The van der Waals surface area contributed by atoms with Crippen molar-refractivity contribution in [3.05, 3.63) is 0 Å². The highest BCUT2D eigenvalue weighted by Crippen LogP contribution is 2.60. The Morgan fingerprint density at radius 2 is 1.97 bits per heavy atom. The highest BCUT2D eigenvalue weighted by Gasteiger charge is 2.71. The van der Waals surface area contributed by atoms with Crippen LogP contribution < -0.4 is 0 Å². The minimum Gasteiger partial charge on any atom is -0.458 e. The fourth-order valence-corrected chi connectivity index (χ4v) is 7.39. The summed E-state index contributed by atoms with van der Waals surface area (Å²) < 4.78 is 29.2. The average molecular weight is 464 g/mol. The molecule has 0 spiro atoms. The van der Waals surface area contributed by atoms with E-state index in [9.17, 15) is 14.4 Å². The number of hydrogen-bond donors (Lipinski definition) is 0. The van der Waals surface area contributed by atoms with Gasteiger partial charge in [-0.1, -0.05) is 13.8 Å². The van der Waals surface area contributed by atoms with Crippen molar-refractivity contribution >= 4 is 17.9 Å². The zero-order valence-electron chi connectivity index (χ0n) is 19.3. The van der Waals surface area contributed by atoms with Crippen LogP contribution in [0.25, 0.3) is 0 Å². The first-order chi connectivity index (χ1) is 15.9. The van der Waals surface area contributed by atoms with E-state index in [0.717, 1.165) is 12.8 Å². The second-order valence-electron chi connectivity index (χ2n) is 10.9. The summed E-state index contributed by atoms with van der Waals surface area (Å²) in [5.41, 5.74) is -0.647. The Kier molecular flexibility index (Phi) is 5.23. The zero-order valence-corrected chi connectivity index (χ0v) is 19.3. The maximum Gasteiger partial charge on any atom is 0.320 e. The van der Waals surface area contributed by atoms with Crippen LogP contribution in [0, 0.1) is 29.6 Å². The highest BCUT2D eigenvalue weighted by molar-refractivity contribution is 5.86. The Labute approximate surface area is 193 Å². The molecule has 0 amide bonds. The Morgan fingerprint density at radius 1 is 1.18 bits per heavy atom. The second-order valence-corrected chi connectivity index (χ2v) is 10.9. The van der Waals surface area contributed by atoms with E-state index in [1.807, 2.05) is 4.90 Å². The molecular weight excluding hydrogens is 430 g/mol. The number of hydrogen-bond acceptors (Lipinski definition) is 9. The lowest BCUT2D eigenvalue weighted by atomic mass is 9.75. The van der Waals surface area contributed by atoms with Gasteiger partial charge in [0.25, 0.3) is 0 Å². The number of rotatable bonds is 6. The summed E-state index contributed by atoms with van der Waals surface area (Å²) in [5, 5.41) is 0. The van der Waals surface area contributed by atoms with E-state index >= 15 is 0 Å². The minimum atomic E-state index is -0.647. The molecule has 6 rings (SSSR count). The van der Waals surface area contributed by atoms with Crippen molar-refractivity contribution in [2.24, 2.45) is 29.6 Å². The van der Waals surface area contributed by atoms with Crippen LogP contribution in [0.3, 0.4) is 0 Å². The maximum absolute atomic E-state index is 13.6. The molecule has 182 valence electrons. The molecule has 6 fully saturated rings. The van der Waals surface area contributed by atoms with Gasteiger partial charge < -0.3 is 23.7 Å². The molecule has 9 atom stereocenters. The van der Waals surface area contributed by atoms with E-state index in [4.69, 9.17) is 23.7 Å². The third kappa shape index (κ3) is 3.33. The Balaban J connectivity index is 1.18. The van der Waals surface area contributed by atoms with E-state index in [-0.39, 0.29) is 54.4 Å². The molecule has 6 aliphatic rings. The SMILES string of the molecule is CC(C)C1(OC(=O)C2C3CC4C(OC(=O)C42)C3OC(=O)CN2CCOCC2)CC2CCC1O2. The van der Waals surface area contributed by atoms with Crippen molar-refractivity contribution in [2.45, 2.75) is 69.5 Å². The molecule has 9 nitrogen and oxygen atoms in total. The van der Waals surface area contributed by atoms with Gasteiger partial charge in [-0.3, -0.25) is 19.3 Å². The van der Waals surface area contributed by atoms with E-state index in [1.54, 1.807) is 0 Å². The van der Waals surface area contributed by atoms with Crippen molar-refractivity contribution in [1.29, 1.82) is 0 Å². The molecular formula is C24H33NO8. The van der Waals surface area contributed by atoms with Crippen molar-refractivity contribution in [3.63, 3.8) is 0 Å². The van der Waals surface area contributed by atoms with E-state index in [1.165, 1.54) is 0 Å². The molecule has 4 bridgehead atoms. The molecule has 2 aliphatic carbocycles. The monoisotopic (exact) mass is 463 g/mol. The molecule has 9 heteroatoms. The molecule has 0 N–H and O–H groups in total. The normalized spacial score (nSPS) is 45.6. The van der Waals surface area contributed by atoms with Gasteiger partial charge in [0.1, 0.15) is 17.8 Å². The lowest BCUT2D eigenvalue weighted by molar-refractivity contribution is -0.185. The first-order valence-corrected chi connectivity index (χ1v) is 12.5. The van der Waals surface area contributed by atoms with Gasteiger partial charge in [-0.05, 0) is 25.2 Å². The number of esters is 3. The van der Waals surface area contributed by atoms with E-state index in [0.29, 0.717) is 39.1 Å². The Bertz CT molecular complexity index is 840. The fraction of sp³-hybridized carbons (Fsp3) is 0.875. The van der Waals surface area contributed by atoms with Crippen molar-refractivity contribution < 1.29 is 38.1 Å². The van der Waals surface area contributed by atoms with Gasteiger partial charge in [0.05, 0.1) is 43.8 Å². The number of morpholine rings is 1. The number of fused-ring (bicyclic) bond motifs is 3. The van der Waals surface area contributed by atoms with Crippen LogP contribution in [0.4, 0.5) is 0 Å². The molecule has 4 aliphatic heterocycles. The first kappa shape index (κ1) is 21.8. The van der Waals surface area contributed by atoms with Crippen LogP contribution in [0.1, 0.15) is 39.5 Å². The molecule has 33 heavy (non-hydrogen) atoms. The van der Waals surface area contributed by atoms with Crippen molar-refractivity contribution in [1.82, 2.24) is 4.90 Å². The number of nitrogens with zero attached hydrogens (tertiary/aromatic N) is 1. The number of carbonyl (C=O) groups is 3. The summed E-state index contributed by atoms with van der Waals surface area (Å²) in [6, 6.07) is 0. The minimum absolute atomic E-state index is 0.0875. The predicted octanol–water partition coefficient (Wildman–Crippen LogP) is 0.927. The van der Waals surface area contributed by atoms with Crippen LogP contribution >= 0.6 is 0 Å². The van der Waals surface area contributed by atoms with E-state index < -0.39 is 29.6 Å². The van der Waals surface area contributed by atoms with Gasteiger partial charge in [-0.2, -0.15) is 0 Å². The van der Waals surface area contributed by atoms with Gasteiger partial charge >= 0.3 is 17.9 Å². The largest absolute Gasteiger partial charge is 0.458 e. The summed E-state index contributed by atoms with van der Waals surface area (Å²) in [6.07, 6.45) is 2.26. The Morgan fingerprint density at radius 3 is 2.64 bits per heavy atom. The number of ether oxygens (including phenoxy) is 5. The molecule has 0 aromatic carbocycles. The molecule has 0 radical (unpaired) electrons.